The van der Waals surface area contributed by atoms with Crippen LogP contribution < -0.4 is 0 Å². The van der Waals surface area contributed by atoms with Gasteiger partial charge in [0.05, 0.1) is 17.3 Å². The van der Waals surface area contributed by atoms with Crippen LogP contribution in [0.15, 0.2) is 41.8 Å². The average molecular weight is 450 g/mol. The Morgan fingerprint density at radius 2 is 2.03 bits per heavy atom. The summed E-state index contributed by atoms with van der Waals surface area (Å²) >= 11 is 1.40. The lowest BCUT2D eigenvalue weighted by Crippen LogP contribution is -2.42. The first-order chi connectivity index (χ1) is 14.3. The first-order valence-electron chi connectivity index (χ1n) is 10.6. The number of imidazole rings is 1. The molecule has 3 rings (SSSR count). The molecule has 0 radical (unpaired) electrons. The van der Waals surface area contributed by atoms with Gasteiger partial charge in [0.25, 0.3) is 0 Å². The molecule has 1 fully saturated rings. The third kappa shape index (κ3) is 5.66. The molecule has 1 aromatic carbocycles. The lowest BCUT2D eigenvalue weighted by molar-refractivity contribution is -0.130. The van der Waals surface area contributed by atoms with Gasteiger partial charge in [0.1, 0.15) is 0 Å². The molecule has 0 saturated carbocycles. The number of hydrogen-bond acceptors (Lipinski definition) is 5. The first kappa shape index (κ1) is 22.9. The van der Waals surface area contributed by atoms with Crippen molar-refractivity contribution >= 4 is 27.5 Å². The topological polar surface area (TPSA) is 72.3 Å². The summed E-state index contributed by atoms with van der Waals surface area (Å²) in [5.41, 5.74) is 2.29. The van der Waals surface area contributed by atoms with Gasteiger partial charge in [-0.2, -0.15) is 0 Å². The average Bonchev–Trinajstić information content (AvgIpc) is 3.32. The van der Waals surface area contributed by atoms with Gasteiger partial charge in [0.2, 0.25) is 5.91 Å². The normalized spacial score (nSPS) is 18.1. The number of amides is 1. The van der Waals surface area contributed by atoms with E-state index in [1.807, 2.05) is 10.8 Å². The summed E-state index contributed by atoms with van der Waals surface area (Å²) in [6, 6.07) is 8.18. The number of nitrogens with zero attached hydrogens (tertiary/aromatic N) is 3. The van der Waals surface area contributed by atoms with E-state index >= 15 is 0 Å². The minimum Gasteiger partial charge on any atom is -0.338 e. The van der Waals surface area contributed by atoms with Crippen LogP contribution in [0, 0.1) is 0 Å². The number of rotatable bonds is 9. The van der Waals surface area contributed by atoms with E-state index in [0.29, 0.717) is 18.9 Å². The Morgan fingerprint density at radius 3 is 2.63 bits per heavy atom. The second-order valence-electron chi connectivity index (χ2n) is 8.11. The SMILES string of the molecule is CCCCN(C(=O)CSc1nccn1-c1ccc(C(C)C)cc1)[C@@H]1CCS(=O)(=O)C1. The van der Waals surface area contributed by atoms with Crippen LogP contribution in [0.1, 0.15) is 51.5 Å². The summed E-state index contributed by atoms with van der Waals surface area (Å²) in [5, 5.41) is 0.759. The molecule has 0 unspecified atom stereocenters. The Bertz CT molecular complexity index is 952. The van der Waals surface area contributed by atoms with Crippen molar-refractivity contribution in [2.75, 3.05) is 23.8 Å². The Kier molecular flexibility index (Phi) is 7.63. The van der Waals surface area contributed by atoms with Crippen molar-refractivity contribution in [1.29, 1.82) is 0 Å². The van der Waals surface area contributed by atoms with Crippen LogP contribution in [0.2, 0.25) is 0 Å². The van der Waals surface area contributed by atoms with E-state index in [0.717, 1.165) is 23.7 Å². The molecular weight excluding hydrogens is 418 g/mol. The second-order valence-corrected chi connectivity index (χ2v) is 11.3. The maximum atomic E-state index is 13.0. The summed E-state index contributed by atoms with van der Waals surface area (Å²) < 4.78 is 25.8. The van der Waals surface area contributed by atoms with Gasteiger partial charge in [-0.25, -0.2) is 13.4 Å². The summed E-state index contributed by atoms with van der Waals surface area (Å²) in [4.78, 5) is 19.2. The maximum Gasteiger partial charge on any atom is 0.233 e. The molecule has 2 heterocycles. The highest BCUT2D eigenvalue weighted by Crippen LogP contribution is 2.24. The van der Waals surface area contributed by atoms with Crippen LogP contribution in [0.4, 0.5) is 0 Å². The number of sulfone groups is 1. The van der Waals surface area contributed by atoms with Gasteiger partial charge < -0.3 is 4.90 Å². The van der Waals surface area contributed by atoms with E-state index in [4.69, 9.17) is 0 Å². The fourth-order valence-corrected chi connectivity index (χ4v) is 6.27. The standard InChI is InChI=1S/C22H31N3O3S2/c1-4-5-12-24(20-10-14-30(27,28)16-20)21(26)15-29-22-23-11-13-25(22)19-8-6-18(7-9-19)17(2)3/h6-9,11,13,17,20H,4-5,10,12,14-16H2,1-3H3/t20-/m1/s1. The Balaban J connectivity index is 1.68. The highest BCUT2D eigenvalue weighted by molar-refractivity contribution is 7.99. The maximum absolute atomic E-state index is 13.0. The smallest absolute Gasteiger partial charge is 0.233 e. The molecule has 8 heteroatoms. The van der Waals surface area contributed by atoms with Gasteiger partial charge in [-0.15, -0.1) is 0 Å². The van der Waals surface area contributed by atoms with Gasteiger partial charge in [-0.05, 0) is 36.5 Å². The zero-order chi connectivity index (χ0) is 21.7. The largest absolute Gasteiger partial charge is 0.338 e. The number of carbonyl (C=O) groups excluding carboxylic acids is 1. The molecule has 1 aliphatic rings. The fourth-order valence-electron chi connectivity index (χ4n) is 3.68. The molecule has 0 aliphatic carbocycles. The molecule has 1 aliphatic heterocycles. The highest BCUT2D eigenvalue weighted by atomic mass is 32.2. The number of hydrogen-bond donors (Lipinski definition) is 0. The molecule has 0 spiro atoms. The Hall–Kier alpha value is -1.80. The quantitative estimate of drug-likeness (QED) is 0.543. The number of thioether (sulfide) groups is 1. The first-order valence-corrected chi connectivity index (χ1v) is 13.4. The van der Waals surface area contributed by atoms with Gasteiger partial charge in [-0.3, -0.25) is 9.36 Å². The molecule has 164 valence electrons. The van der Waals surface area contributed by atoms with Crippen molar-refractivity contribution in [3.05, 3.63) is 42.2 Å². The zero-order valence-electron chi connectivity index (χ0n) is 18.0. The predicted octanol–water partition coefficient (Wildman–Crippen LogP) is 3.90. The van der Waals surface area contributed by atoms with Crippen molar-refractivity contribution in [2.45, 2.75) is 57.1 Å². The lowest BCUT2D eigenvalue weighted by Gasteiger charge is -2.28. The van der Waals surface area contributed by atoms with Gasteiger partial charge in [0.15, 0.2) is 15.0 Å². The van der Waals surface area contributed by atoms with Crippen molar-refractivity contribution in [3.63, 3.8) is 0 Å². The summed E-state index contributed by atoms with van der Waals surface area (Å²) in [7, 11) is -3.03. The zero-order valence-corrected chi connectivity index (χ0v) is 19.6. The van der Waals surface area contributed by atoms with Crippen LogP contribution in [0.5, 0.6) is 0 Å². The van der Waals surface area contributed by atoms with Crippen LogP contribution >= 0.6 is 11.8 Å². The molecule has 1 atom stereocenters. The second kappa shape index (κ2) is 10.0. The van der Waals surface area contributed by atoms with Crippen LogP contribution in [0.3, 0.4) is 0 Å². The van der Waals surface area contributed by atoms with Gasteiger partial charge >= 0.3 is 0 Å². The number of carbonyl (C=O) groups is 1. The molecule has 30 heavy (non-hydrogen) atoms. The summed E-state index contributed by atoms with van der Waals surface area (Å²) in [6.45, 7) is 7.02. The van der Waals surface area contributed by atoms with Crippen LogP contribution in [0.25, 0.3) is 5.69 Å². The number of unbranched alkanes of at least 4 members (excludes halogenated alkanes) is 1. The third-order valence-electron chi connectivity index (χ3n) is 5.49. The van der Waals surface area contributed by atoms with E-state index in [9.17, 15) is 13.2 Å². The molecule has 2 aromatic rings. The van der Waals surface area contributed by atoms with Crippen molar-refractivity contribution in [1.82, 2.24) is 14.5 Å². The van der Waals surface area contributed by atoms with Crippen molar-refractivity contribution < 1.29 is 13.2 Å². The summed E-state index contributed by atoms with van der Waals surface area (Å²) in [6.07, 6.45) is 6.02. The molecule has 6 nitrogen and oxygen atoms in total. The van der Waals surface area contributed by atoms with Crippen molar-refractivity contribution in [3.8, 4) is 5.69 Å². The van der Waals surface area contributed by atoms with E-state index in [1.54, 1.807) is 11.1 Å². The van der Waals surface area contributed by atoms with Crippen LogP contribution in [-0.2, 0) is 14.6 Å². The van der Waals surface area contributed by atoms with Crippen LogP contribution in [-0.4, -0.2) is 58.6 Å². The van der Waals surface area contributed by atoms with Gasteiger partial charge in [-0.1, -0.05) is 51.1 Å². The molecule has 0 N–H and O–H groups in total. The lowest BCUT2D eigenvalue weighted by atomic mass is 10.0. The van der Waals surface area contributed by atoms with E-state index in [2.05, 4.69) is 50.0 Å². The highest BCUT2D eigenvalue weighted by Gasteiger charge is 2.34. The third-order valence-corrected chi connectivity index (χ3v) is 8.19. The minimum atomic E-state index is -3.03. The Morgan fingerprint density at radius 1 is 1.30 bits per heavy atom. The van der Waals surface area contributed by atoms with E-state index < -0.39 is 9.84 Å². The summed E-state index contributed by atoms with van der Waals surface area (Å²) in [5.74, 6) is 0.977. The predicted molar refractivity (Wildman–Crippen MR) is 122 cm³/mol. The molecule has 1 saturated heterocycles. The molecule has 1 aromatic heterocycles. The number of benzene rings is 1. The van der Waals surface area contributed by atoms with E-state index in [-0.39, 0.29) is 29.2 Å². The molecular formula is C22H31N3O3S2. The van der Waals surface area contributed by atoms with Crippen molar-refractivity contribution in [2.24, 2.45) is 0 Å². The van der Waals surface area contributed by atoms with Gasteiger partial charge in [0, 0.05) is 30.7 Å². The Labute approximate surface area is 184 Å². The monoisotopic (exact) mass is 449 g/mol. The fraction of sp³-hybridized carbons (Fsp3) is 0.545. The minimum absolute atomic E-state index is 0.0137. The number of aromatic nitrogens is 2. The molecule has 1 amide bonds. The van der Waals surface area contributed by atoms with E-state index in [1.165, 1.54) is 17.3 Å². The molecule has 0 bridgehead atoms.